The van der Waals surface area contributed by atoms with Crippen LogP contribution in [0.2, 0.25) is 0 Å². The molecule has 0 spiro atoms. The van der Waals surface area contributed by atoms with Crippen LogP contribution in [0.1, 0.15) is 207 Å². The number of carbonyl (C=O) groups is 2. The fourth-order valence-corrected chi connectivity index (χ4v) is 9.92. The van der Waals surface area contributed by atoms with Gasteiger partial charge in [-0.05, 0) is 18.8 Å². The Morgan fingerprint density at radius 1 is 0.536 bits per heavy atom. The number of aliphatic hydroxyl groups excluding tert-OH is 8. The van der Waals surface area contributed by atoms with Gasteiger partial charge in [0, 0.05) is 12.8 Å². The maximum atomic E-state index is 13.4. The lowest BCUT2D eigenvalue weighted by Gasteiger charge is -2.47. The number of carbonyl (C=O) groups excluding carboxylic acids is 2. The molecule has 0 radical (unpaired) electrons. The van der Waals surface area contributed by atoms with Gasteiger partial charge in [-0.3, -0.25) is 18.6 Å². The van der Waals surface area contributed by atoms with Crippen molar-refractivity contribution in [1.29, 1.82) is 0 Å². The molecule has 69 heavy (non-hydrogen) atoms. The number of hydrogen-bond acceptors (Lipinski definition) is 17. The minimum absolute atomic E-state index is 0.0370. The van der Waals surface area contributed by atoms with Crippen LogP contribution < -0.4 is 0 Å². The van der Waals surface area contributed by atoms with Gasteiger partial charge in [0.15, 0.2) is 12.4 Å². The zero-order valence-electron chi connectivity index (χ0n) is 42.3. The largest absolute Gasteiger partial charge is 0.472 e. The van der Waals surface area contributed by atoms with Crippen LogP contribution in [0.4, 0.5) is 0 Å². The maximum Gasteiger partial charge on any atom is 0.472 e. The highest BCUT2D eigenvalue weighted by atomic mass is 31.2. The summed E-state index contributed by atoms with van der Waals surface area (Å²) in [7, 11) is -5.37. The second-order valence-corrected chi connectivity index (χ2v) is 21.1. The smallest absolute Gasteiger partial charge is 0.462 e. The van der Waals surface area contributed by atoms with E-state index in [1.165, 1.54) is 109 Å². The molecule has 1 heterocycles. The number of ether oxygens (including phenoxy) is 4. The van der Waals surface area contributed by atoms with Gasteiger partial charge in [-0.15, -0.1) is 0 Å². The van der Waals surface area contributed by atoms with Gasteiger partial charge in [0.25, 0.3) is 0 Å². The van der Waals surface area contributed by atoms with E-state index in [0.29, 0.717) is 12.8 Å². The van der Waals surface area contributed by atoms with Crippen LogP contribution in [0, 0.1) is 5.92 Å². The minimum atomic E-state index is -5.37. The van der Waals surface area contributed by atoms with Crippen molar-refractivity contribution in [3.8, 4) is 0 Å². The van der Waals surface area contributed by atoms with Gasteiger partial charge < -0.3 is 64.7 Å². The van der Waals surface area contributed by atoms with E-state index in [2.05, 4.69) is 20.8 Å². The fraction of sp³-hybridized carbons (Fsp3) is 0.960. The Bertz CT molecular complexity index is 1360. The number of esters is 2. The number of unbranched alkanes of at least 4 members (excludes halogenated alkanes) is 22. The lowest BCUT2D eigenvalue weighted by molar-refractivity contribution is -0.338. The van der Waals surface area contributed by atoms with Gasteiger partial charge in [0.05, 0.1) is 13.2 Å². The van der Waals surface area contributed by atoms with E-state index in [1.54, 1.807) is 0 Å². The summed E-state index contributed by atoms with van der Waals surface area (Å²) >= 11 is 0. The molecule has 14 atom stereocenters. The predicted octanol–water partition coefficient (Wildman–Crippen LogP) is 6.57. The van der Waals surface area contributed by atoms with Crippen molar-refractivity contribution in [2.24, 2.45) is 5.92 Å². The quantitative estimate of drug-likeness (QED) is 0.0178. The van der Waals surface area contributed by atoms with Crippen molar-refractivity contribution in [3.63, 3.8) is 0 Å². The predicted molar refractivity (Wildman–Crippen MR) is 259 cm³/mol. The van der Waals surface area contributed by atoms with Crippen molar-refractivity contribution >= 4 is 19.8 Å². The molecule has 2 aliphatic rings. The second-order valence-electron chi connectivity index (χ2n) is 19.7. The average Bonchev–Trinajstić information content (AvgIpc) is 3.32. The second kappa shape index (κ2) is 37.4. The van der Waals surface area contributed by atoms with E-state index in [1.807, 2.05) is 0 Å². The molecular weight excluding hydrogens is 920 g/mol. The normalized spacial score (nSPS) is 28.0. The molecule has 0 bridgehead atoms. The van der Waals surface area contributed by atoms with Crippen molar-refractivity contribution in [2.75, 3.05) is 19.8 Å². The van der Waals surface area contributed by atoms with Gasteiger partial charge >= 0.3 is 19.8 Å². The zero-order valence-corrected chi connectivity index (χ0v) is 43.2. The standard InChI is InChI=1S/C50H95O18P/c1-4-6-8-10-12-13-14-15-16-17-18-23-27-31-39(52)63-34-37(65-40(53)32-28-24-20-19-22-26-30-36(3)29-25-21-11-9-7-5-2)35-64-69(61,62)68-49-46(59)44(57)43(56)45(58)48(49)67-50-47(60)42(55)41(54)38(33-51)66-50/h36-38,41-51,54-60H,4-35H2,1-3H3,(H,61,62). The molecule has 1 aliphatic carbocycles. The Kier molecular flexibility index (Phi) is 34.6. The van der Waals surface area contributed by atoms with Gasteiger partial charge in [-0.2, -0.15) is 0 Å². The van der Waals surface area contributed by atoms with E-state index in [9.17, 15) is 59.9 Å². The van der Waals surface area contributed by atoms with Crippen LogP contribution in [0.15, 0.2) is 0 Å². The third-order valence-electron chi connectivity index (χ3n) is 13.5. The van der Waals surface area contributed by atoms with Crippen molar-refractivity contribution in [1.82, 2.24) is 0 Å². The maximum absolute atomic E-state index is 13.4. The molecule has 14 unspecified atom stereocenters. The summed E-state index contributed by atoms with van der Waals surface area (Å²) in [6.45, 7) is 4.58. The molecule has 0 amide bonds. The summed E-state index contributed by atoms with van der Waals surface area (Å²) in [4.78, 5) is 36.6. The minimum Gasteiger partial charge on any atom is -0.462 e. The first-order valence-corrected chi connectivity index (χ1v) is 28.2. The van der Waals surface area contributed by atoms with Crippen molar-refractivity contribution in [2.45, 2.75) is 280 Å². The highest BCUT2D eigenvalue weighted by Gasteiger charge is 2.55. The van der Waals surface area contributed by atoms with Gasteiger partial charge in [0.2, 0.25) is 0 Å². The Balaban J connectivity index is 1.94. The number of phosphoric acid groups is 1. The molecule has 1 aliphatic heterocycles. The van der Waals surface area contributed by atoms with E-state index >= 15 is 0 Å². The number of phosphoric ester groups is 1. The van der Waals surface area contributed by atoms with Crippen LogP contribution >= 0.6 is 7.82 Å². The lowest BCUT2D eigenvalue weighted by atomic mass is 9.84. The highest BCUT2D eigenvalue weighted by molar-refractivity contribution is 7.47. The monoisotopic (exact) mass is 1010 g/mol. The molecule has 2 rings (SSSR count). The van der Waals surface area contributed by atoms with E-state index in [0.717, 1.165) is 57.3 Å². The van der Waals surface area contributed by atoms with Crippen LogP contribution in [0.5, 0.6) is 0 Å². The molecule has 0 aromatic heterocycles. The summed E-state index contributed by atoms with van der Waals surface area (Å²) < 4.78 is 45.6. The van der Waals surface area contributed by atoms with Gasteiger partial charge in [-0.1, -0.05) is 181 Å². The third kappa shape index (κ3) is 26.4. The molecule has 18 nitrogen and oxygen atoms in total. The topological polar surface area (TPSA) is 289 Å². The summed E-state index contributed by atoms with van der Waals surface area (Å²) in [5, 5.41) is 83.0. The molecule has 408 valence electrons. The van der Waals surface area contributed by atoms with Crippen molar-refractivity contribution < 1.29 is 87.9 Å². The summed E-state index contributed by atoms with van der Waals surface area (Å²) in [6, 6.07) is 0. The molecule has 0 aromatic carbocycles. The van der Waals surface area contributed by atoms with Crippen LogP contribution in [0.3, 0.4) is 0 Å². The number of rotatable bonds is 41. The Morgan fingerprint density at radius 2 is 0.957 bits per heavy atom. The molecular formula is C50H95O18P. The molecule has 2 fully saturated rings. The third-order valence-corrected chi connectivity index (χ3v) is 14.4. The highest BCUT2D eigenvalue weighted by Crippen LogP contribution is 2.48. The van der Waals surface area contributed by atoms with Crippen molar-refractivity contribution in [3.05, 3.63) is 0 Å². The first kappa shape index (κ1) is 63.8. The zero-order chi connectivity index (χ0) is 51.0. The Hall–Kier alpha value is -1.35. The number of hydrogen-bond donors (Lipinski definition) is 9. The molecule has 0 aromatic rings. The molecule has 9 N–H and O–H groups in total. The molecule has 19 heteroatoms. The summed E-state index contributed by atoms with van der Waals surface area (Å²) in [6.07, 6.45) is 7.53. The van der Waals surface area contributed by atoms with E-state index in [4.69, 9.17) is 28.0 Å². The lowest BCUT2D eigenvalue weighted by Crippen LogP contribution is -2.67. The van der Waals surface area contributed by atoms with E-state index in [-0.39, 0.29) is 12.8 Å². The molecule has 1 saturated heterocycles. The average molecular weight is 1020 g/mol. The first-order valence-electron chi connectivity index (χ1n) is 26.8. The Labute approximate surface area is 412 Å². The Morgan fingerprint density at radius 3 is 1.43 bits per heavy atom. The van der Waals surface area contributed by atoms with Crippen LogP contribution in [-0.2, 0) is 42.1 Å². The fourth-order valence-electron chi connectivity index (χ4n) is 8.95. The SMILES string of the molecule is CCCCCCCCCCCCCCCC(=O)OCC(COP(=O)(O)OC1C(O)C(O)C(O)C(O)C1OC1OC(CO)C(O)C(O)C1O)OC(=O)CCCCCCCCC(C)CCCCCCCC. The number of aliphatic hydroxyl groups is 8. The van der Waals surface area contributed by atoms with E-state index < -0.39 is 113 Å². The molecule has 1 saturated carbocycles. The van der Waals surface area contributed by atoms with Gasteiger partial charge in [0.1, 0.15) is 67.6 Å². The summed E-state index contributed by atoms with van der Waals surface area (Å²) in [5.74, 6) is -0.485. The van der Waals surface area contributed by atoms with Crippen LogP contribution in [0.25, 0.3) is 0 Å². The first-order chi connectivity index (χ1) is 33.1. The van der Waals surface area contributed by atoms with Crippen LogP contribution in [-0.4, -0.2) is 151 Å². The van der Waals surface area contributed by atoms with Gasteiger partial charge in [-0.25, -0.2) is 4.57 Å². The summed E-state index contributed by atoms with van der Waals surface area (Å²) in [5.41, 5.74) is 0.